The molecule has 2 fully saturated rings. The zero-order valence-corrected chi connectivity index (χ0v) is 16.6. The normalized spacial score (nSPS) is 24.6. The van der Waals surface area contributed by atoms with Crippen LogP contribution in [-0.2, 0) is 9.59 Å². The number of carbonyl (C=O) groups excluding carboxylic acids is 3. The lowest BCUT2D eigenvalue weighted by atomic mass is 9.99. The van der Waals surface area contributed by atoms with Crippen LogP contribution in [0, 0.1) is 5.92 Å². The van der Waals surface area contributed by atoms with Gasteiger partial charge in [0.2, 0.25) is 11.8 Å². The van der Waals surface area contributed by atoms with Crippen molar-refractivity contribution in [2.24, 2.45) is 5.92 Å². The summed E-state index contributed by atoms with van der Waals surface area (Å²) in [6, 6.07) is 6.04. The van der Waals surface area contributed by atoms with Crippen LogP contribution in [0.2, 0.25) is 0 Å². The second kappa shape index (κ2) is 8.21. The second-order valence-electron chi connectivity index (χ2n) is 7.46. The molecule has 0 bridgehead atoms. The Morgan fingerprint density at radius 2 is 2.00 bits per heavy atom. The second-order valence-corrected chi connectivity index (χ2v) is 8.34. The Morgan fingerprint density at radius 1 is 1.30 bits per heavy atom. The standard InChI is InChI=1S/C19H26N4O3S/c1-11(2)8-15-18(25)23-10-13(9-16(23)17(24)22-15)21-19(26)20-12-4-6-14(27-3)7-5-12/h4-7,11,13,15-16H,8-10H2,1-3H3,(H,22,24)(H2,20,21,26)/t13-,15-,16-/m0/s1. The first-order chi connectivity index (χ1) is 12.9. The van der Waals surface area contributed by atoms with E-state index < -0.39 is 12.1 Å². The number of urea groups is 1. The van der Waals surface area contributed by atoms with Crippen molar-refractivity contribution in [3.8, 4) is 0 Å². The van der Waals surface area contributed by atoms with Crippen molar-refractivity contribution in [2.45, 2.75) is 49.7 Å². The summed E-state index contributed by atoms with van der Waals surface area (Å²) in [4.78, 5) is 40.0. The molecule has 0 aromatic heterocycles. The maximum atomic E-state index is 12.7. The summed E-state index contributed by atoms with van der Waals surface area (Å²) >= 11 is 1.63. The molecule has 0 saturated carbocycles. The van der Waals surface area contributed by atoms with E-state index in [1.165, 1.54) is 0 Å². The largest absolute Gasteiger partial charge is 0.342 e. The van der Waals surface area contributed by atoms with Gasteiger partial charge in [0, 0.05) is 17.1 Å². The van der Waals surface area contributed by atoms with Crippen LogP contribution < -0.4 is 16.0 Å². The lowest BCUT2D eigenvalue weighted by Gasteiger charge is -2.35. The van der Waals surface area contributed by atoms with Gasteiger partial charge in [0.1, 0.15) is 12.1 Å². The predicted octanol–water partition coefficient (Wildman–Crippen LogP) is 2.04. The zero-order valence-electron chi connectivity index (χ0n) is 15.8. The van der Waals surface area contributed by atoms with Gasteiger partial charge in [-0.1, -0.05) is 13.8 Å². The lowest BCUT2D eigenvalue weighted by Crippen LogP contribution is -2.61. The first-order valence-corrected chi connectivity index (χ1v) is 10.4. The fourth-order valence-corrected chi connectivity index (χ4v) is 4.03. The molecule has 0 spiro atoms. The molecule has 0 unspecified atom stereocenters. The summed E-state index contributed by atoms with van der Waals surface area (Å²) in [6.07, 6.45) is 3.05. The number of hydrogen-bond donors (Lipinski definition) is 3. The highest BCUT2D eigenvalue weighted by Crippen LogP contribution is 2.25. The third kappa shape index (κ3) is 4.55. The van der Waals surface area contributed by atoms with E-state index in [4.69, 9.17) is 0 Å². The fraction of sp³-hybridized carbons (Fsp3) is 0.526. The number of hydrogen-bond acceptors (Lipinski definition) is 4. The molecule has 4 amide bonds. The summed E-state index contributed by atoms with van der Waals surface area (Å²) in [5, 5.41) is 8.51. The molecule has 7 nitrogen and oxygen atoms in total. The van der Waals surface area contributed by atoms with Crippen molar-refractivity contribution in [1.29, 1.82) is 0 Å². The average Bonchev–Trinajstić information content (AvgIpc) is 3.04. The first kappa shape index (κ1) is 19.5. The Kier molecular flexibility index (Phi) is 5.94. The fourth-order valence-electron chi connectivity index (χ4n) is 3.62. The van der Waals surface area contributed by atoms with Crippen LogP contribution in [0.4, 0.5) is 10.5 Å². The number of nitrogens with one attached hydrogen (secondary N) is 3. The molecule has 0 radical (unpaired) electrons. The van der Waals surface area contributed by atoms with E-state index in [0.717, 1.165) is 4.90 Å². The van der Waals surface area contributed by atoms with E-state index in [2.05, 4.69) is 16.0 Å². The molecule has 27 heavy (non-hydrogen) atoms. The Labute approximate surface area is 163 Å². The van der Waals surface area contributed by atoms with Crippen molar-refractivity contribution in [3.05, 3.63) is 24.3 Å². The third-order valence-corrected chi connectivity index (χ3v) is 5.64. The molecule has 3 N–H and O–H groups in total. The summed E-state index contributed by atoms with van der Waals surface area (Å²) in [5.74, 6) is 0.138. The molecule has 3 rings (SSSR count). The Morgan fingerprint density at radius 3 is 2.63 bits per heavy atom. The molecule has 146 valence electrons. The van der Waals surface area contributed by atoms with E-state index in [-0.39, 0.29) is 23.9 Å². The number of fused-ring (bicyclic) bond motifs is 1. The highest BCUT2D eigenvalue weighted by molar-refractivity contribution is 7.98. The molecule has 1 aromatic rings. The smallest absolute Gasteiger partial charge is 0.319 e. The van der Waals surface area contributed by atoms with Crippen LogP contribution in [0.15, 0.2) is 29.2 Å². The van der Waals surface area contributed by atoms with Crippen LogP contribution >= 0.6 is 11.8 Å². The van der Waals surface area contributed by atoms with Crippen molar-refractivity contribution in [3.63, 3.8) is 0 Å². The Balaban J connectivity index is 1.57. The maximum absolute atomic E-state index is 12.7. The van der Waals surface area contributed by atoms with Gasteiger partial charge in [-0.15, -0.1) is 11.8 Å². The monoisotopic (exact) mass is 390 g/mol. The quantitative estimate of drug-likeness (QED) is 0.671. The number of anilines is 1. The SMILES string of the molecule is CSc1ccc(NC(=O)N[C@H]2C[C@H]3C(=O)N[C@@H](CC(C)C)C(=O)N3C2)cc1. The Hall–Kier alpha value is -2.22. The summed E-state index contributed by atoms with van der Waals surface area (Å²) < 4.78 is 0. The van der Waals surface area contributed by atoms with Gasteiger partial charge in [0.25, 0.3) is 0 Å². The van der Waals surface area contributed by atoms with Crippen molar-refractivity contribution in [2.75, 3.05) is 18.1 Å². The number of piperazine rings is 1. The average molecular weight is 391 g/mol. The van der Waals surface area contributed by atoms with E-state index in [0.29, 0.717) is 31.0 Å². The Bertz CT molecular complexity index is 722. The topological polar surface area (TPSA) is 90.5 Å². The number of benzene rings is 1. The van der Waals surface area contributed by atoms with Gasteiger partial charge in [-0.2, -0.15) is 0 Å². The molecular formula is C19H26N4O3S. The molecule has 2 saturated heterocycles. The van der Waals surface area contributed by atoms with Gasteiger partial charge in [0.15, 0.2) is 0 Å². The molecule has 8 heteroatoms. The molecule has 2 heterocycles. The number of thioether (sulfide) groups is 1. The van der Waals surface area contributed by atoms with E-state index >= 15 is 0 Å². The van der Waals surface area contributed by atoms with Crippen molar-refractivity contribution in [1.82, 2.24) is 15.5 Å². The van der Waals surface area contributed by atoms with Crippen LogP contribution in [0.1, 0.15) is 26.7 Å². The van der Waals surface area contributed by atoms with Gasteiger partial charge in [0.05, 0.1) is 6.04 Å². The molecule has 2 aliphatic heterocycles. The molecule has 2 aliphatic rings. The van der Waals surface area contributed by atoms with Crippen molar-refractivity contribution >= 4 is 35.3 Å². The number of amides is 4. The van der Waals surface area contributed by atoms with Crippen molar-refractivity contribution < 1.29 is 14.4 Å². The molecule has 1 aromatic carbocycles. The van der Waals surface area contributed by atoms with Crippen LogP contribution in [0.5, 0.6) is 0 Å². The summed E-state index contributed by atoms with van der Waals surface area (Å²) in [5.41, 5.74) is 0.701. The van der Waals surface area contributed by atoms with Gasteiger partial charge in [-0.3, -0.25) is 9.59 Å². The van der Waals surface area contributed by atoms with Crippen LogP contribution in [-0.4, -0.2) is 53.7 Å². The number of carbonyl (C=O) groups is 3. The zero-order chi connectivity index (χ0) is 19.6. The molecule has 0 aliphatic carbocycles. The van der Waals surface area contributed by atoms with E-state index in [1.54, 1.807) is 16.7 Å². The number of rotatable bonds is 5. The van der Waals surface area contributed by atoms with Gasteiger partial charge in [-0.05, 0) is 49.3 Å². The van der Waals surface area contributed by atoms with Gasteiger partial charge < -0.3 is 20.9 Å². The van der Waals surface area contributed by atoms with Crippen LogP contribution in [0.3, 0.4) is 0 Å². The maximum Gasteiger partial charge on any atom is 0.319 e. The minimum absolute atomic E-state index is 0.0503. The summed E-state index contributed by atoms with van der Waals surface area (Å²) in [6.45, 7) is 4.41. The number of nitrogens with zero attached hydrogens (tertiary/aromatic N) is 1. The van der Waals surface area contributed by atoms with E-state index in [1.807, 2.05) is 44.4 Å². The van der Waals surface area contributed by atoms with Gasteiger partial charge in [-0.25, -0.2) is 4.79 Å². The molecule has 3 atom stereocenters. The lowest BCUT2D eigenvalue weighted by molar-refractivity contribution is -0.147. The molecular weight excluding hydrogens is 364 g/mol. The van der Waals surface area contributed by atoms with Crippen LogP contribution in [0.25, 0.3) is 0 Å². The highest BCUT2D eigenvalue weighted by Gasteiger charge is 2.46. The first-order valence-electron chi connectivity index (χ1n) is 9.19. The highest BCUT2D eigenvalue weighted by atomic mass is 32.2. The third-order valence-electron chi connectivity index (χ3n) is 4.89. The predicted molar refractivity (Wildman–Crippen MR) is 106 cm³/mol. The minimum Gasteiger partial charge on any atom is -0.342 e. The van der Waals surface area contributed by atoms with Gasteiger partial charge >= 0.3 is 6.03 Å². The van der Waals surface area contributed by atoms with E-state index in [9.17, 15) is 14.4 Å². The minimum atomic E-state index is -0.493. The summed E-state index contributed by atoms with van der Waals surface area (Å²) in [7, 11) is 0.